The lowest BCUT2D eigenvalue weighted by molar-refractivity contribution is 0.0940. The van der Waals surface area contributed by atoms with Gasteiger partial charge in [0.05, 0.1) is 20.3 Å². The summed E-state index contributed by atoms with van der Waals surface area (Å²) in [6, 6.07) is 13.5. The number of aryl methyl sites for hydroxylation is 1. The van der Waals surface area contributed by atoms with Gasteiger partial charge in [-0.3, -0.25) is 9.59 Å². The number of methoxy groups -OCH3 is 2. The third-order valence-electron chi connectivity index (χ3n) is 4.86. The number of aromatic nitrogens is 1. The van der Waals surface area contributed by atoms with Gasteiger partial charge >= 0.3 is 0 Å². The minimum absolute atomic E-state index is 0.0483. The number of fused-ring (bicyclic) bond motifs is 2. The molecule has 0 atom stereocenters. The van der Waals surface area contributed by atoms with E-state index in [1.807, 2.05) is 12.1 Å². The van der Waals surface area contributed by atoms with Gasteiger partial charge in [-0.1, -0.05) is 0 Å². The van der Waals surface area contributed by atoms with Crippen molar-refractivity contribution < 1.29 is 19.0 Å². The summed E-state index contributed by atoms with van der Waals surface area (Å²) in [4.78, 5) is 27.7. The van der Waals surface area contributed by atoms with Crippen LogP contribution in [-0.4, -0.2) is 25.1 Å². The zero-order valence-corrected chi connectivity index (χ0v) is 16.2. The third kappa shape index (κ3) is 3.42. The molecule has 1 aromatic heterocycles. The Hall–Kier alpha value is -3.74. The third-order valence-corrected chi connectivity index (χ3v) is 4.86. The van der Waals surface area contributed by atoms with Crippen LogP contribution < -0.4 is 25.1 Å². The maximum absolute atomic E-state index is 12.9. The highest BCUT2D eigenvalue weighted by molar-refractivity contribution is 5.94. The average Bonchev–Trinajstić information content (AvgIpc) is 2.72. The van der Waals surface area contributed by atoms with Gasteiger partial charge in [-0.05, 0) is 43.3 Å². The number of pyridine rings is 1. The number of benzene rings is 2. The first kappa shape index (κ1) is 18.6. The fourth-order valence-corrected chi connectivity index (χ4v) is 3.34. The summed E-state index contributed by atoms with van der Waals surface area (Å²) in [5, 5.41) is 2.96. The van der Waals surface area contributed by atoms with Crippen LogP contribution in [0.5, 0.6) is 23.0 Å². The molecule has 7 nitrogen and oxygen atoms in total. The molecule has 29 heavy (non-hydrogen) atoms. The number of hydrogen-bond donors (Lipinski definition) is 2. The van der Waals surface area contributed by atoms with E-state index in [0.29, 0.717) is 28.7 Å². The van der Waals surface area contributed by atoms with Gasteiger partial charge in [0.25, 0.3) is 11.5 Å². The molecule has 1 amide bonds. The number of H-pyrrole nitrogens is 1. The normalized spacial score (nSPS) is 12.4. The van der Waals surface area contributed by atoms with Gasteiger partial charge in [0.2, 0.25) is 0 Å². The zero-order valence-electron chi connectivity index (χ0n) is 16.2. The molecule has 0 unspecified atom stereocenters. The van der Waals surface area contributed by atoms with Gasteiger partial charge in [0.1, 0.15) is 28.6 Å². The van der Waals surface area contributed by atoms with Gasteiger partial charge in [0, 0.05) is 29.0 Å². The highest BCUT2D eigenvalue weighted by atomic mass is 16.5. The Morgan fingerprint density at radius 1 is 0.966 bits per heavy atom. The number of carbonyl (C=O) groups is 1. The first-order valence-electron chi connectivity index (χ1n) is 9.04. The molecule has 1 aliphatic heterocycles. The Morgan fingerprint density at radius 2 is 1.55 bits per heavy atom. The molecule has 2 aromatic carbocycles. The highest BCUT2D eigenvalue weighted by Crippen LogP contribution is 2.45. The second-order valence-corrected chi connectivity index (χ2v) is 6.70. The number of nitrogens with one attached hydrogen (secondary N) is 2. The molecule has 0 aliphatic carbocycles. The van der Waals surface area contributed by atoms with Gasteiger partial charge in [0.15, 0.2) is 0 Å². The van der Waals surface area contributed by atoms with Crippen LogP contribution in [-0.2, 0) is 0 Å². The lowest BCUT2D eigenvalue weighted by Crippen LogP contribution is -2.34. The number of amides is 1. The molecule has 4 rings (SSSR count). The molecule has 2 N–H and O–H groups in total. The summed E-state index contributed by atoms with van der Waals surface area (Å²) in [7, 11) is 3.15. The average molecular weight is 392 g/mol. The first-order chi connectivity index (χ1) is 14.0. The van der Waals surface area contributed by atoms with Crippen LogP contribution in [0.2, 0.25) is 0 Å². The van der Waals surface area contributed by atoms with Gasteiger partial charge in [-0.2, -0.15) is 0 Å². The summed E-state index contributed by atoms with van der Waals surface area (Å²) in [5.41, 5.74) is 1.83. The van der Waals surface area contributed by atoms with E-state index in [4.69, 9.17) is 14.2 Å². The van der Waals surface area contributed by atoms with Gasteiger partial charge in [-0.15, -0.1) is 0 Å². The topological polar surface area (TPSA) is 89.7 Å². The molecule has 1 aliphatic rings. The van der Waals surface area contributed by atoms with Crippen LogP contribution in [0.25, 0.3) is 0 Å². The lowest BCUT2D eigenvalue weighted by atomic mass is 9.94. The van der Waals surface area contributed by atoms with Gasteiger partial charge in [-0.25, -0.2) is 0 Å². The van der Waals surface area contributed by atoms with Crippen LogP contribution in [0, 0.1) is 6.92 Å². The van der Waals surface area contributed by atoms with Crippen LogP contribution in [0.4, 0.5) is 0 Å². The maximum Gasteiger partial charge on any atom is 0.260 e. The van der Waals surface area contributed by atoms with Crippen molar-refractivity contribution in [1.82, 2.24) is 10.3 Å². The molecule has 0 spiro atoms. The predicted molar refractivity (Wildman–Crippen MR) is 107 cm³/mol. The molecular weight excluding hydrogens is 372 g/mol. The molecule has 148 valence electrons. The van der Waals surface area contributed by atoms with Crippen LogP contribution in [0.15, 0.2) is 53.3 Å². The minimum Gasteiger partial charge on any atom is -0.497 e. The van der Waals surface area contributed by atoms with Gasteiger partial charge < -0.3 is 24.5 Å². The molecule has 7 heteroatoms. The fourth-order valence-electron chi connectivity index (χ4n) is 3.34. The van der Waals surface area contributed by atoms with Crippen molar-refractivity contribution in [2.24, 2.45) is 0 Å². The van der Waals surface area contributed by atoms with E-state index in [-0.39, 0.29) is 5.56 Å². The fraction of sp³-hybridized carbons (Fsp3) is 0.182. The number of carbonyl (C=O) groups excluding carboxylic acids is 1. The second kappa shape index (κ2) is 7.35. The summed E-state index contributed by atoms with van der Waals surface area (Å²) in [5.74, 6) is 1.92. The van der Waals surface area contributed by atoms with Crippen LogP contribution in [0.3, 0.4) is 0 Å². The molecule has 0 radical (unpaired) electrons. The summed E-state index contributed by atoms with van der Waals surface area (Å²) in [6.07, 6.45) is 0. The van der Waals surface area contributed by atoms with E-state index in [9.17, 15) is 9.59 Å². The van der Waals surface area contributed by atoms with Crippen LogP contribution in [0.1, 0.15) is 33.2 Å². The van der Waals surface area contributed by atoms with E-state index >= 15 is 0 Å². The van der Waals surface area contributed by atoms with Crippen molar-refractivity contribution in [2.45, 2.75) is 13.0 Å². The molecular formula is C22H20N2O5. The molecule has 0 saturated carbocycles. The monoisotopic (exact) mass is 392 g/mol. The van der Waals surface area contributed by atoms with Crippen molar-refractivity contribution >= 4 is 5.91 Å². The first-order valence-corrected chi connectivity index (χ1v) is 9.04. The standard InChI is InChI=1S/C22H20N2O5/c1-12-4-7-17(21(25)23-12)22(26)24-20-15-8-5-13(27-2)10-18(15)29-19-11-14(28-3)6-9-16(19)20/h4-11,20H,1-3H3,(H,23,25)(H,24,26). The molecule has 3 aromatic rings. The van der Waals surface area contributed by atoms with E-state index in [2.05, 4.69) is 10.3 Å². The maximum atomic E-state index is 12.9. The Bertz CT molecular complexity index is 1100. The van der Waals surface area contributed by atoms with Crippen molar-refractivity contribution in [3.8, 4) is 23.0 Å². The van der Waals surface area contributed by atoms with E-state index in [0.717, 1.165) is 11.1 Å². The molecule has 0 bridgehead atoms. The molecule has 2 heterocycles. The number of hydrogen-bond acceptors (Lipinski definition) is 5. The minimum atomic E-state index is -0.501. The molecule has 0 saturated heterocycles. The number of aromatic amines is 1. The zero-order chi connectivity index (χ0) is 20.5. The Morgan fingerprint density at radius 3 is 2.07 bits per heavy atom. The van der Waals surface area contributed by atoms with E-state index in [1.165, 1.54) is 6.07 Å². The Kier molecular flexibility index (Phi) is 4.72. The smallest absolute Gasteiger partial charge is 0.260 e. The largest absolute Gasteiger partial charge is 0.497 e. The lowest BCUT2D eigenvalue weighted by Gasteiger charge is -2.29. The predicted octanol–water partition coefficient (Wildman–Crippen LogP) is 3.33. The number of ether oxygens (including phenoxy) is 3. The van der Waals surface area contributed by atoms with Crippen molar-refractivity contribution in [2.75, 3.05) is 14.2 Å². The highest BCUT2D eigenvalue weighted by Gasteiger charge is 2.30. The quantitative estimate of drug-likeness (QED) is 0.711. The SMILES string of the molecule is COc1ccc2c(c1)Oc1cc(OC)ccc1C2NC(=O)c1ccc(C)[nH]c1=O. The van der Waals surface area contributed by atoms with Crippen LogP contribution >= 0.6 is 0 Å². The van der Waals surface area contributed by atoms with Crippen molar-refractivity contribution in [1.29, 1.82) is 0 Å². The van der Waals surface area contributed by atoms with E-state index in [1.54, 1.807) is 51.5 Å². The summed E-state index contributed by atoms with van der Waals surface area (Å²) in [6.45, 7) is 1.76. The second-order valence-electron chi connectivity index (χ2n) is 6.70. The Balaban J connectivity index is 1.77. The Labute approximate surface area is 167 Å². The molecule has 0 fully saturated rings. The van der Waals surface area contributed by atoms with Crippen molar-refractivity contribution in [3.63, 3.8) is 0 Å². The van der Waals surface area contributed by atoms with E-state index < -0.39 is 17.5 Å². The summed E-state index contributed by atoms with van der Waals surface area (Å²) >= 11 is 0. The van der Waals surface area contributed by atoms with Crippen molar-refractivity contribution in [3.05, 3.63) is 81.3 Å². The summed E-state index contributed by atoms with van der Waals surface area (Å²) < 4.78 is 16.6. The number of rotatable bonds is 4.